The van der Waals surface area contributed by atoms with Gasteiger partial charge in [-0.15, -0.1) is 0 Å². The molecule has 0 radical (unpaired) electrons. The summed E-state index contributed by atoms with van der Waals surface area (Å²) in [6.45, 7) is 2.46. The highest BCUT2D eigenvalue weighted by molar-refractivity contribution is 5.88. The van der Waals surface area contributed by atoms with Gasteiger partial charge in [0.05, 0.1) is 6.04 Å². The maximum absolute atomic E-state index is 12.3. The lowest BCUT2D eigenvalue weighted by molar-refractivity contribution is -0.149. The van der Waals surface area contributed by atoms with Crippen molar-refractivity contribution in [3.8, 4) is 0 Å². The van der Waals surface area contributed by atoms with Gasteiger partial charge in [0, 0.05) is 6.54 Å². The van der Waals surface area contributed by atoms with E-state index in [1.807, 2.05) is 0 Å². The van der Waals surface area contributed by atoms with Crippen LogP contribution in [0.5, 0.6) is 0 Å². The van der Waals surface area contributed by atoms with Gasteiger partial charge in [-0.1, -0.05) is 6.42 Å². The van der Waals surface area contributed by atoms with Gasteiger partial charge in [-0.25, -0.2) is 4.79 Å². The zero-order valence-electron chi connectivity index (χ0n) is 12.8. The zero-order chi connectivity index (χ0) is 16.7. The fourth-order valence-corrected chi connectivity index (χ4v) is 2.68. The number of nitrogens with two attached hydrogens (primary N) is 1. The number of carbonyl (C=O) groups excluding carboxylic acids is 1. The molecular weight excluding hydrogens is 290 g/mol. The number of aliphatic carboxylic acids is 2. The smallest absolute Gasteiger partial charge is 0.326 e. The molecular formula is C14H25N3O5. The lowest BCUT2D eigenvalue weighted by Gasteiger charge is -2.27. The molecule has 8 nitrogen and oxygen atoms in total. The monoisotopic (exact) mass is 315 g/mol. The molecule has 1 rings (SSSR count). The fraction of sp³-hybridized carbons (Fsp3) is 0.786. The molecule has 126 valence electrons. The number of nitrogens with zero attached hydrogens (tertiary/aromatic N) is 1. The van der Waals surface area contributed by atoms with Crippen LogP contribution in [0.3, 0.4) is 0 Å². The SMILES string of the molecule is C[C@H](NC(CCCCN)C(=O)O)C(=O)N1CCC[C@H]1C(=O)O. The van der Waals surface area contributed by atoms with Gasteiger partial charge in [-0.05, 0) is 39.2 Å². The van der Waals surface area contributed by atoms with Crippen molar-refractivity contribution in [1.82, 2.24) is 10.2 Å². The number of hydrogen-bond donors (Lipinski definition) is 4. The second kappa shape index (κ2) is 8.70. The minimum absolute atomic E-state index is 0.366. The molecule has 1 saturated heterocycles. The summed E-state index contributed by atoms with van der Waals surface area (Å²) in [6, 6.07) is -2.38. The van der Waals surface area contributed by atoms with Crippen LogP contribution in [0.2, 0.25) is 0 Å². The molecule has 1 unspecified atom stereocenters. The van der Waals surface area contributed by atoms with E-state index in [9.17, 15) is 19.5 Å². The summed E-state index contributed by atoms with van der Waals surface area (Å²) in [5.41, 5.74) is 5.38. The summed E-state index contributed by atoms with van der Waals surface area (Å²) in [6.07, 6.45) is 2.84. The Morgan fingerprint density at radius 1 is 1.32 bits per heavy atom. The first kappa shape index (κ1) is 18.4. The molecule has 0 aromatic carbocycles. The van der Waals surface area contributed by atoms with E-state index < -0.39 is 30.1 Å². The Morgan fingerprint density at radius 3 is 2.55 bits per heavy atom. The summed E-state index contributed by atoms with van der Waals surface area (Å²) in [4.78, 5) is 36.0. The van der Waals surface area contributed by atoms with E-state index in [2.05, 4.69) is 5.32 Å². The lowest BCUT2D eigenvalue weighted by atomic mass is 10.1. The van der Waals surface area contributed by atoms with Gasteiger partial charge >= 0.3 is 11.9 Å². The molecule has 0 saturated carbocycles. The molecule has 1 heterocycles. The second-order valence-corrected chi connectivity index (χ2v) is 5.59. The Bertz CT molecular complexity index is 415. The molecule has 8 heteroatoms. The molecule has 0 aromatic heterocycles. The highest BCUT2D eigenvalue weighted by Gasteiger charge is 2.36. The number of carboxylic acid groups (broad SMARTS) is 2. The number of carboxylic acids is 2. The average Bonchev–Trinajstić information content (AvgIpc) is 2.94. The molecule has 1 fully saturated rings. The van der Waals surface area contributed by atoms with Crippen LogP contribution in [0.1, 0.15) is 39.0 Å². The van der Waals surface area contributed by atoms with Crippen LogP contribution in [0, 0.1) is 0 Å². The summed E-state index contributed by atoms with van der Waals surface area (Å²) in [7, 11) is 0. The van der Waals surface area contributed by atoms with Crippen LogP contribution in [0.15, 0.2) is 0 Å². The third-order valence-corrected chi connectivity index (χ3v) is 3.89. The molecule has 22 heavy (non-hydrogen) atoms. The van der Waals surface area contributed by atoms with E-state index in [0.717, 1.165) is 6.42 Å². The number of likely N-dealkylation sites (tertiary alicyclic amines) is 1. The van der Waals surface area contributed by atoms with E-state index in [-0.39, 0.29) is 5.91 Å². The van der Waals surface area contributed by atoms with Crippen molar-refractivity contribution in [2.75, 3.05) is 13.1 Å². The topological polar surface area (TPSA) is 133 Å². The Kier molecular flexibility index (Phi) is 7.26. The van der Waals surface area contributed by atoms with Crippen molar-refractivity contribution in [2.45, 2.75) is 57.2 Å². The molecule has 3 atom stereocenters. The van der Waals surface area contributed by atoms with Crippen molar-refractivity contribution in [3.05, 3.63) is 0 Å². The van der Waals surface area contributed by atoms with E-state index in [1.165, 1.54) is 4.90 Å². The van der Waals surface area contributed by atoms with Gasteiger partial charge in [-0.2, -0.15) is 0 Å². The number of unbranched alkanes of at least 4 members (excludes halogenated alkanes) is 1. The van der Waals surface area contributed by atoms with Crippen molar-refractivity contribution >= 4 is 17.8 Å². The predicted octanol–water partition coefficient (Wildman–Crippen LogP) is -0.378. The van der Waals surface area contributed by atoms with Gasteiger partial charge < -0.3 is 20.8 Å². The van der Waals surface area contributed by atoms with E-state index in [0.29, 0.717) is 38.8 Å². The van der Waals surface area contributed by atoms with Gasteiger partial charge in [0.25, 0.3) is 0 Å². The summed E-state index contributed by atoms with van der Waals surface area (Å²) >= 11 is 0. The molecule has 0 aromatic rings. The van der Waals surface area contributed by atoms with Crippen molar-refractivity contribution in [3.63, 3.8) is 0 Å². The van der Waals surface area contributed by atoms with Crippen LogP contribution in [-0.2, 0) is 14.4 Å². The first-order valence-corrected chi connectivity index (χ1v) is 7.60. The van der Waals surface area contributed by atoms with Crippen molar-refractivity contribution < 1.29 is 24.6 Å². The van der Waals surface area contributed by atoms with Gasteiger partial charge in [0.1, 0.15) is 12.1 Å². The molecule has 0 spiro atoms. The van der Waals surface area contributed by atoms with Crippen LogP contribution in [-0.4, -0.2) is 64.2 Å². The summed E-state index contributed by atoms with van der Waals surface area (Å²) < 4.78 is 0. The number of amides is 1. The molecule has 5 N–H and O–H groups in total. The largest absolute Gasteiger partial charge is 0.480 e. The predicted molar refractivity (Wildman–Crippen MR) is 79.3 cm³/mol. The highest BCUT2D eigenvalue weighted by atomic mass is 16.4. The number of rotatable bonds is 9. The number of nitrogens with one attached hydrogen (secondary N) is 1. The lowest BCUT2D eigenvalue weighted by Crippen LogP contribution is -2.53. The molecule has 1 amide bonds. The van der Waals surface area contributed by atoms with Crippen LogP contribution in [0.25, 0.3) is 0 Å². The average molecular weight is 315 g/mol. The van der Waals surface area contributed by atoms with E-state index in [1.54, 1.807) is 6.92 Å². The quantitative estimate of drug-likeness (QED) is 0.426. The van der Waals surface area contributed by atoms with E-state index in [4.69, 9.17) is 10.8 Å². The Morgan fingerprint density at radius 2 is 2.00 bits per heavy atom. The van der Waals surface area contributed by atoms with Crippen LogP contribution in [0.4, 0.5) is 0 Å². The third-order valence-electron chi connectivity index (χ3n) is 3.89. The first-order valence-electron chi connectivity index (χ1n) is 7.60. The second-order valence-electron chi connectivity index (χ2n) is 5.59. The first-order chi connectivity index (χ1) is 10.4. The number of hydrogen-bond acceptors (Lipinski definition) is 5. The molecule has 1 aliphatic rings. The minimum atomic E-state index is -1.02. The highest BCUT2D eigenvalue weighted by Crippen LogP contribution is 2.18. The van der Waals surface area contributed by atoms with Gasteiger partial charge in [-0.3, -0.25) is 14.9 Å². The van der Waals surface area contributed by atoms with E-state index >= 15 is 0 Å². The molecule has 0 aliphatic carbocycles. The normalized spacial score (nSPS) is 20.6. The molecule has 0 bridgehead atoms. The van der Waals surface area contributed by atoms with Crippen molar-refractivity contribution in [2.24, 2.45) is 5.73 Å². The zero-order valence-corrected chi connectivity index (χ0v) is 12.8. The maximum atomic E-state index is 12.3. The van der Waals surface area contributed by atoms with Gasteiger partial charge in [0.15, 0.2) is 0 Å². The Balaban J connectivity index is 2.60. The summed E-state index contributed by atoms with van der Waals surface area (Å²) in [5.74, 6) is -2.40. The summed E-state index contributed by atoms with van der Waals surface area (Å²) in [5, 5.41) is 21.1. The standard InChI is InChI=1S/C14H25N3O5/c1-9(16-10(13(19)20)5-2-3-7-15)12(18)17-8-4-6-11(17)14(21)22/h9-11,16H,2-8,15H2,1H3,(H,19,20)(H,21,22)/t9-,10?,11-/m0/s1. The fourth-order valence-electron chi connectivity index (χ4n) is 2.68. The van der Waals surface area contributed by atoms with Crippen molar-refractivity contribution in [1.29, 1.82) is 0 Å². The maximum Gasteiger partial charge on any atom is 0.326 e. The van der Waals surface area contributed by atoms with Crippen LogP contribution >= 0.6 is 0 Å². The number of carbonyl (C=O) groups is 3. The Labute approximate surface area is 129 Å². The third kappa shape index (κ3) is 4.96. The van der Waals surface area contributed by atoms with Gasteiger partial charge in [0.2, 0.25) is 5.91 Å². The Hall–Kier alpha value is -1.67. The van der Waals surface area contributed by atoms with Crippen LogP contribution < -0.4 is 11.1 Å². The molecule has 1 aliphatic heterocycles. The minimum Gasteiger partial charge on any atom is -0.480 e.